The van der Waals surface area contributed by atoms with Crippen LogP contribution in [0.25, 0.3) is 0 Å². The van der Waals surface area contributed by atoms with Crippen molar-refractivity contribution < 1.29 is 4.79 Å². The van der Waals surface area contributed by atoms with E-state index in [4.69, 9.17) is 23.2 Å². The highest BCUT2D eigenvalue weighted by Gasteiger charge is 2.43. The third-order valence-electron chi connectivity index (χ3n) is 6.76. The lowest BCUT2D eigenvalue weighted by atomic mass is 9.74. The van der Waals surface area contributed by atoms with Crippen molar-refractivity contribution in [3.63, 3.8) is 0 Å². The third-order valence-corrected chi connectivity index (χ3v) is 7.24. The van der Waals surface area contributed by atoms with Gasteiger partial charge < -0.3 is 4.90 Å². The number of amides is 1. The molecule has 2 aliphatic rings. The number of rotatable bonds is 6. The number of likely N-dealkylation sites (tertiary alicyclic amines) is 1. The molecule has 0 bridgehead atoms. The standard InChI is InChI=1S/C26H29Cl2NO/c1-2-6-21-16-24(20-9-5-10-23(28)15-20)25(19-11-13-22(27)14-12-19)29(26(21)30)17-18-7-3-4-8-18/h2,5,9-15,18,21,24-25H,1,3-4,6-8,16-17H2. The van der Waals surface area contributed by atoms with Crippen molar-refractivity contribution in [2.45, 2.75) is 50.5 Å². The van der Waals surface area contributed by atoms with Crippen molar-refractivity contribution in [2.24, 2.45) is 11.8 Å². The molecule has 0 N–H and O–H groups in total. The molecule has 1 heterocycles. The number of halogens is 2. The maximum atomic E-state index is 13.6. The van der Waals surface area contributed by atoms with E-state index in [1.54, 1.807) is 0 Å². The van der Waals surface area contributed by atoms with Crippen LogP contribution in [0.4, 0.5) is 0 Å². The Hall–Kier alpha value is -1.77. The molecule has 1 saturated carbocycles. The van der Waals surface area contributed by atoms with E-state index in [9.17, 15) is 4.79 Å². The zero-order valence-corrected chi connectivity index (χ0v) is 18.8. The van der Waals surface area contributed by atoms with Gasteiger partial charge in [0.05, 0.1) is 6.04 Å². The molecule has 1 saturated heterocycles. The summed E-state index contributed by atoms with van der Waals surface area (Å²) in [5.41, 5.74) is 2.34. The molecular weight excluding hydrogens is 413 g/mol. The molecule has 2 nitrogen and oxygen atoms in total. The van der Waals surface area contributed by atoms with Crippen LogP contribution in [0.5, 0.6) is 0 Å². The molecule has 3 unspecified atom stereocenters. The van der Waals surface area contributed by atoms with Crippen LogP contribution in [-0.2, 0) is 4.79 Å². The van der Waals surface area contributed by atoms with Gasteiger partial charge in [-0.25, -0.2) is 0 Å². The maximum Gasteiger partial charge on any atom is 0.226 e. The number of carbonyl (C=O) groups excluding carboxylic acids is 1. The molecule has 158 valence electrons. The van der Waals surface area contributed by atoms with Crippen molar-refractivity contribution >= 4 is 29.1 Å². The van der Waals surface area contributed by atoms with Crippen LogP contribution in [-0.4, -0.2) is 17.4 Å². The Bertz CT molecular complexity index is 888. The zero-order valence-electron chi connectivity index (χ0n) is 17.3. The SMILES string of the molecule is C=CCC1CC(c2cccc(Cl)c2)C(c2ccc(Cl)cc2)N(CC2CCCC2)C1=O. The normalized spacial score (nSPS) is 24.9. The van der Waals surface area contributed by atoms with E-state index in [-0.39, 0.29) is 23.8 Å². The van der Waals surface area contributed by atoms with Crippen molar-refractivity contribution in [3.8, 4) is 0 Å². The predicted molar refractivity (Wildman–Crippen MR) is 125 cm³/mol. The van der Waals surface area contributed by atoms with Crippen LogP contribution in [0.2, 0.25) is 10.0 Å². The lowest BCUT2D eigenvalue weighted by Crippen LogP contribution is -2.48. The number of benzene rings is 2. The second-order valence-corrected chi connectivity index (χ2v) is 9.63. The quantitative estimate of drug-likeness (QED) is 0.426. The number of piperidine rings is 1. The van der Waals surface area contributed by atoms with E-state index in [1.807, 2.05) is 30.3 Å². The first-order valence-electron chi connectivity index (χ1n) is 11.0. The Morgan fingerprint density at radius 3 is 2.40 bits per heavy atom. The molecule has 2 aromatic rings. The molecule has 1 amide bonds. The largest absolute Gasteiger partial charge is 0.335 e. The molecule has 0 radical (unpaired) electrons. The van der Waals surface area contributed by atoms with Crippen LogP contribution < -0.4 is 0 Å². The van der Waals surface area contributed by atoms with Gasteiger partial charge in [0.2, 0.25) is 5.91 Å². The molecule has 30 heavy (non-hydrogen) atoms. The van der Waals surface area contributed by atoms with Gasteiger partial charge in [-0.1, -0.05) is 66.4 Å². The van der Waals surface area contributed by atoms with E-state index in [0.29, 0.717) is 17.4 Å². The van der Waals surface area contributed by atoms with E-state index >= 15 is 0 Å². The van der Waals surface area contributed by atoms with Gasteiger partial charge in [-0.15, -0.1) is 6.58 Å². The molecule has 4 rings (SSSR count). The second kappa shape index (κ2) is 9.58. The zero-order chi connectivity index (χ0) is 21.1. The minimum absolute atomic E-state index is 0.00472. The summed E-state index contributed by atoms with van der Waals surface area (Å²) >= 11 is 12.5. The third kappa shape index (κ3) is 4.60. The lowest BCUT2D eigenvalue weighted by Gasteiger charge is -2.46. The van der Waals surface area contributed by atoms with Crippen LogP contribution in [0, 0.1) is 11.8 Å². The van der Waals surface area contributed by atoms with Gasteiger partial charge in [0.15, 0.2) is 0 Å². The minimum atomic E-state index is -0.0311. The highest BCUT2D eigenvalue weighted by molar-refractivity contribution is 6.30. The average Bonchev–Trinajstić information content (AvgIpc) is 3.25. The van der Waals surface area contributed by atoms with Gasteiger partial charge in [-0.3, -0.25) is 4.79 Å². The van der Waals surface area contributed by atoms with Gasteiger partial charge in [0.1, 0.15) is 0 Å². The number of hydrogen-bond acceptors (Lipinski definition) is 1. The number of hydrogen-bond donors (Lipinski definition) is 0. The number of allylic oxidation sites excluding steroid dienone is 1. The Kier molecular flexibility index (Phi) is 6.85. The van der Waals surface area contributed by atoms with E-state index in [0.717, 1.165) is 23.6 Å². The highest BCUT2D eigenvalue weighted by atomic mass is 35.5. The molecular formula is C26H29Cl2NO. The van der Waals surface area contributed by atoms with Gasteiger partial charge in [-0.2, -0.15) is 0 Å². The average molecular weight is 442 g/mol. The van der Waals surface area contributed by atoms with Crippen LogP contribution in [0.1, 0.15) is 61.6 Å². The Labute approximate surface area is 189 Å². The summed E-state index contributed by atoms with van der Waals surface area (Å²) in [7, 11) is 0. The monoisotopic (exact) mass is 441 g/mol. The Balaban J connectivity index is 1.78. The summed E-state index contributed by atoms with van der Waals surface area (Å²) in [6.07, 6.45) is 8.37. The van der Waals surface area contributed by atoms with Crippen molar-refractivity contribution in [1.29, 1.82) is 0 Å². The van der Waals surface area contributed by atoms with Crippen LogP contribution in [0.15, 0.2) is 61.2 Å². The summed E-state index contributed by atoms with van der Waals surface area (Å²) in [6, 6.07) is 16.1. The molecule has 0 spiro atoms. The topological polar surface area (TPSA) is 20.3 Å². The van der Waals surface area contributed by atoms with Gasteiger partial charge in [0, 0.05) is 28.4 Å². The lowest BCUT2D eigenvalue weighted by molar-refractivity contribution is -0.144. The highest BCUT2D eigenvalue weighted by Crippen LogP contribution is 2.47. The molecule has 2 fully saturated rings. The first-order chi connectivity index (χ1) is 14.6. The van der Waals surface area contributed by atoms with Crippen LogP contribution in [0.3, 0.4) is 0 Å². The number of carbonyl (C=O) groups is 1. The number of nitrogens with zero attached hydrogens (tertiary/aromatic N) is 1. The fraction of sp³-hybridized carbons (Fsp3) is 0.423. The first kappa shape index (κ1) is 21.5. The minimum Gasteiger partial charge on any atom is -0.335 e. The summed E-state index contributed by atoms with van der Waals surface area (Å²) < 4.78 is 0. The fourth-order valence-electron chi connectivity index (χ4n) is 5.33. The Morgan fingerprint density at radius 1 is 1.00 bits per heavy atom. The van der Waals surface area contributed by atoms with Crippen LogP contribution >= 0.6 is 23.2 Å². The van der Waals surface area contributed by atoms with Crippen molar-refractivity contribution in [2.75, 3.05) is 6.54 Å². The summed E-state index contributed by atoms with van der Waals surface area (Å²) in [4.78, 5) is 15.8. The molecule has 0 aromatic heterocycles. The van der Waals surface area contributed by atoms with Gasteiger partial charge in [0.25, 0.3) is 0 Å². The summed E-state index contributed by atoms with van der Waals surface area (Å²) in [5.74, 6) is 1.01. The molecule has 1 aliphatic carbocycles. The summed E-state index contributed by atoms with van der Waals surface area (Å²) in [5, 5.41) is 1.45. The Morgan fingerprint density at radius 2 is 1.73 bits per heavy atom. The molecule has 4 heteroatoms. The van der Waals surface area contributed by atoms with E-state index in [2.05, 4.69) is 35.7 Å². The smallest absolute Gasteiger partial charge is 0.226 e. The predicted octanol–water partition coefficient (Wildman–Crippen LogP) is 7.43. The second-order valence-electron chi connectivity index (χ2n) is 8.76. The fourth-order valence-corrected chi connectivity index (χ4v) is 5.65. The van der Waals surface area contributed by atoms with E-state index < -0.39 is 0 Å². The first-order valence-corrected chi connectivity index (χ1v) is 11.7. The van der Waals surface area contributed by atoms with Crippen molar-refractivity contribution in [1.82, 2.24) is 4.90 Å². The summed E-state index contributed by atoms with van der Waals surface area (Å²) in [6.45, 7) is 4.74. The maximum absolute atomic E-state index is 13.6. The van der Waals surface area contributed by atoms with Crippen molar-refractivity contribution in [3.05, 3.63) is 82.4 Å². The molecule has 2 aromatic carbocycles. The molecule has 3 atom stereocenters. The van der Waals surface area contributed by atoms with E-state index in [1.165, 1.54) is 31.2 Å². The van der Waals surface area contributed by atoms with Gasteiger partial charge in [-0.05, 0) is 67.0 Å². The molecule has 1 aliphatic heterocycles. The van der Waals surface area contributed by atoms with Gasteiger partial charge >= 0.3 is 0 Å².